The highest BCUT2D eigenvalue weighted by molar-refractivity contribution is 5.78. The summed E-state index contributed by atoms with van der Waals surface area (Å²) in [5.74, 6) is -3.08. The largest absolute Gasteiger partial charge is 0.508 e. The van der Waals surface area contributed by atoms with Crippen LogP contribution in [0.2, 0.25) is 0 Å². The summed E-state index contributed by atoms with van der Waals surface area (Å²) in [6.07, 6.45) is -0.528. The number of benzene rings is 2. The number of H-pyrrole nitrogens is 2. The third-order valence-electron chi connectivity index (χ3n) is 5.30. The number of rotatable bonds is 6. The average Bonchev–Trinajstić information content (AvgIpc) is 2.94. The number of nitrogens with two attached hydrogens (primary N) is 1. The second-order valence-electron chi connectivity index (χ2n) is 8.55. The smallest absolute Gasteiger partial charge is 0.490 e. The number of carbonyl (C=O) groups excluding carboxylic acids is 1. The number of aliphatic carboxylic acids is 1. The molecular weight excluding hydrogens is 561 g/mol. The van der Waals surface area contributed by atoms with Crippen molar-refractivity contribution in [1.82, 2.24) is 15.0 Å². The minimum absolute atomic E-state index is 0.0355. The van der Waals surface area contributed by atoms with Crippen molar-refractivity contribution in [2.75, 3.05) is 0 Å². The monoisotopic (exact) mass is 584 g/mol. The fourth-order valence-electron chi connectivity index (χ4n) is 3.26. The Balaban J connectivity index is 0.000000616. The first-order valence-corrected chi connectivity index (χ1v) is 11.9. The fourth-order valence-corrected chi connectivity index (χ4v) is 3.26. The van der Waals surface area contributed by atoms with Crippen LogP contribution in [-0.2, 0) is 16.0 Å². The molecule has 0 aliphatic heterocycles. The molecule has 4 aromatic rings. The van der Waals surface area contributed by atoms with Crippen molar-refractivity contribution in [1.29, 1.82) is 0 Å². The summed E-state index contributed by atoms with van der Waals surface area (Å²) in [5, 5.41) is 16.6. The highest BCUT2D eigenvalue weighted by Gasteiger charge is 2.38. The molecule has 0 aliphatic rings. The highest BCUT2D eigenvalue weighted by atomic mass is 19.4. The van der Waals surface area contributed by atoms with Gasteiger partial charge in [-0.2, -0.15) is 13.2 Å². The third-order valence-corrected chi connectivity index (χ3v) is 5.30. The molecule has 1 unspecified atom stereocenters. The summed E-state index contributed by atoms with van der Waals surface area (Å²) in [6, 6.07) is 17.7. The van der Waals surface area contributed by atoms with Crippen molar-refractivity contribution >= 4 is 24.1 Å². The van der Waals surface area contributed by atoms with Gasteiger partial charge in [0.05, 0.1) is 11.9 Å². The Labute approximate surface area is 234 Å². The molecule has 2 heterocycles. The number of nitrogens with zero attached hydrogens (tertiary/aromatic N) is 1. The van der Waals surface area contributed by atoms with Crippen LogP contribution in [0, 0.1) is 0 Å². The van der Waals surface area contributed by atoms with Crippen LogP contribution in [-0.4, -0.2) is 49.3 Å². The van der Waals surface area contributed by atoms with Crippen LogP contribution in [0.5, 0.6) is 11.5 Å². The van der Waals surface area contributed by atoms with Crippen LogP contribution in [0.15, 0.2) is 82.5 Å². The number of hydrogen-bond acceptors (Lipinski definition) is 8. The van der Waals surface area contributed by atoms with E-state index in [2.05, 4.69) is 15.0 Å². The van der Waals surface area contributed by atoms with E-state index in [4.69, 9.17) is 20.4 Å². The second-order valence-corrected chi connectivity index (χ2v) is 8.55. The van der Waals surface area contributed by atoms with Crippen molar-refractivity contribution in [3.63, 3.8) is 0 Å². The molecule has 0 amide bonds. The van der Waals surface area contributed by atoms with Crippen LogP contribution in [0.4, 0.5) is 13.2 Å². The number of phenolic OH excluding ortho intramolecular Hbond substituents is 1. The molecule has 42 heavy (non-hydrogen) atoms. The van der Waals surface area contributed by atoms with Crippen molar-refractivity contribution in [3.8, 4) is 11.5 Å². The normalized spacial score (nSPS) is 12.7. The minimum Gasteiger partial charge on any atom is -0.508 e. The van der Waals surface area contributed by atoms with Gasteiger partial charge in [0.25, 0.3) is 11.1 Å². The predicted octanol–water partition coefficient (Wildman–Crippen LogP) is 0.930. The van der Waals surface area contributed by atoms with Crippen LogP contribution >= 0.6 is 0 Å². The van der Waals surface area contributed by atoms with Gasteiger partial charge in [0, 0.05) is 0 Å². The number of aromatic amines is 2. The second kappa shape index (κ2) is 13.7. The van der Waals surface area contributed by atoms with Crippen LogP contribution < -0.4 is 32.3 Å². The molecule has 0 saturated carbocycles. The van der Waals surface area contributed by atoms with E-state index < -0.39 is 35.3 Å². The molecule has 1 atom stereocenters. The van der Waals surface area contributed by atoms with E-state index in [9.17, 15) is 32.7 Å². The zero-order valence-electron chi connectivity index (χ0n) is 21.5. The standard InChI is InChI=1S/C26H22N4O5.C2HF3O2/c27-21(12-17-6-9-19(31)10-7-17)26(34)35-20-11-8-18(28-15-20)14-23-25(33)29-22(24(32)30-23)13-16-4-2-1-3-5-16;3-2(4,5)1(6)7/h1-11,13-15,21,31H,12,27H2,(H,29,33)(H,30,32);(H,6,7). The lowest BCUT2D eigenvalue weighted by Crippen LogP contribution is -2.46. The topological polar surface area (TPSA) is 188 Å². The van der Waals surface area contributed by atoms with E-state index in [1.165, 1.54) is 36.5 Å². The van der Waals surface area contributed by atoms with Crippen LogP contribution in [0.25, 0.3) is 12.2 Å². The number of carboxylic acid groups (broad SMARTS) is 1. The maximum atomic E-state index is 12.4. The number of aromatic hydroxyl groups is 1. The molecule has 0 spiro atoms. The maximum absolute atomic E-state index is 12.4. The Morgan fingerprint density at radius 3 is 2.02 bits per heavy atom. The first kappa shape index (κ1) is 31.0. The number of aromatic nitrogens is 3. The zero-order chi connectivity index (χ0) is 30.9. The van der Waals surface area contributed by atoms with Gasteiger partial charge >= 0.3 is 18.1 Å². The summed E-state index contributed by atoms with van der Waals surface area (Å²) >= 11 is 0. The number of ether oxygens (including phenoxy) is 1. The molecule has 2 aromatic carbocycles. The van der Waals surface area contributed by atoms with Gasteiger partial charge in [-0.05, 0) is 54.0 Å². The summed E-state index contributed by atoms with van der Waals surface area (Å²) in [6.45, 7) is 0. The molecular formula is C28H23F3N4O7. The SMILES string of the molecule is NC(Cc1ccc(O)cc1)C(=O)Oc1ccc(C=c2[nH]c(=O)c(=Cc3ccccc3)[nH]c2=O)nc1.O=C(O)C(F)(F)F. The number of halogens is 3. The van der Waals surface area contributed by atoms with E-state index in [1.807, 2.05) is 30.3 Å². The van der Waals surface area contributed by atoms with Gasteiger partial charge in [-0.1, -0.05) is 42.5 Å². The van der Waals surface area contributed by atoms with Crippen molar-refractivity contribution in [3.05, 3.63) is 121 Å². The molecule has 218 valence electrons. The molecule has 0 fully saturated rings. The lowest BCUT2D eigenvalue weighted by Gasteiger charge is -2.11. The molecule has 4 rings (SSSR count). The zero-order valence-corrected chi connectivity index (χ0v) is 21.5. The molecule has 0 radical (unpaired) electrons. The van der Waals surface area contributed by atoms with Crippen molar-refractivity contribution < 1.29 is 37.7 Å². The number of alkyl halides is 3. The van der Waals surface area contributed by atoms with Gasteiger partial charge in [-0.25, -0.2) is 9.59 Å². The Morgan fingerprint density at radius 1 is 0.929 bits per heavy atom. The predicted molar refractivity (Wildman–Crippen MR) is 144 cm³/mol. The number of phenols is 1. The number of pyridine rings is 1. The van der Waals surface area contributed by atoms with E-state index in [0.717, 1.165) is 11.1 Å². The van der Waals surface area contributed by atoms with Crippen LogP contribution in [0.3, 0.4) is 0 Å². The van der Waals surface area contributed by atoms with E-state index in [-0.39, 0.29) is 28.6 Å². The molecule has 14 heteroatoms. The quantitative estimate of drug-likeness (QED) is 0.205. The van der Waals surface area contributed by atoms with Gasteiger partial charge < -0.3 is 30.7 Å². The highest BCUT2D eigenvalue weighted by Crippen LogP contribution is 2.14. The molecule has 2 aromatic heterocycles. The number of carboxylic acids is 1. The lowest BCUT2D eigenvalue weighted by atomic mass is 10.1. The Morgan fingerprint density at radius 2 is 1.50 bits per heavy atom. The summed E-state index contributed by atoms with van der Waals surface area (Å²) in [7, 11) is 0. The fraction of sp³-hybridized carbons (Fsp3) is 0.107. The van der Waals surface area contributed by atoms with Crippen molar-refractivity contribution in [2.45, 2.75) is 18.6 Å². The van der Waals surface area contributed by atoms with Gasteiger partial charge in [0.2, 0.25) is 0 Å². The molecule has 0 saturated heterocycles. The van der Waals surface area contributed by atoms with Crippen LogP contribution in [0.1, 0.15) is 16.8 Å². The van der Waals surface area contributed by atoms with E-state index in [0.29, 0.717) is 5.69 Å². The van der Waals surface area contributed by atoms with Gasteiger partial charge in [0.15, 0.2) is 0 Å². The Hall–Kier alpha value is -5.50. The first-order chi connectivity index (χ1) is 19.8. The van der Waals surface area contributed by atoms with Gasteiger partial charge in [-0.15, -0.1) is 0 Å². The number of nitrogens with one attached hydrogen (secondary N) is 2. The van der Waals surface area contributed by atoms with E-state index in [1.54, 1.807) is 18.2 Å². The lowest BCUT2D eigenvalue weighted by molar-refractivity contribution is -0.192. The van der Waals surface area contributed by atoms with Gasteiger partial charge in [-0.3, -0.25) is 14.6 Å². The Bertz CT molecular complexity index is 1770. The first-order valence-electron chi connectivity index (χ1n) is 11.9. The molecule has 11 nitrogen and oxygen atoms in total. The summed E-state index contributed by atoms with van der Waals surface area (Å²) in [5.41, 5.74) is 6.92. The molecule has 0 aliphatic carbocycles. The Kier molecular flexibility index (Phi) is 10.1. The third kappa shape index (κ3) is 9.31. The average molecular weight is 585 g/mol. The molecule has 0 bridgehead atoms. The summed E-state index contributed by atoms with van der Waals surface area (Å²) < 4.78 is 37.0. The summed E-state index contributed by atoms with van der Waals surface area (Å²) in [4.78, 5) is 55.3. The van der Waals surface area contributed by atoms with E-state index >= 15 is 0 Å². The maximum Gasteiger partial charge on any atom is 0.490 e. The molecule has 6 N–H and O–H groups in total. The number of esters is 1. The minimum atomic E-state index is -5.08. The van der Waals surface area contributed by atoms with Crippen molar-refractivity contribution in [2.24, 2.45) is 5.73 Å². The number of carbonyl (C=O) groups is 2. The number of hydrogen-bond donors (Lipinski definition) is 5. The van der Waals surface area contributed by atoms with Gasteiger partial charge in [0.1, 0.15) is 28.2 Å².